The summed E-state index contributed by atoms with van der Waals surface area (Å²) in [6.45, 7) is 2.25. The molecule has 1 aliphatic rings. The Morgan fingerprint density at radius 2 is 1.86 bits per heavy atom. The van der Waals surface area contributed by atoms with Gasteiger partial charge in [-0.15, -0.1) is 11.8 Å². The van der Waals surface area contributed by atoms with Crippen LogP contribution in [0, 0.1) is 6.92 Å². The van der Waals surface area contributed by atoms with Crippen LogP contribution in [0.25, 0.3) is 6.08 Å². The lowest BCUT2D eigenvalue weighted by atomic mass is 10.1. The SMILES string of the molecule is Cc1cc(CSc2ccccc2)ccc1NC(=O)/C=C/c1ccc2c(c1)OCO2. The van der Waals surface area contributed by atoms with Gasteiger partial charge in [-0.1, -0.05) is 36.4 Å². The van der Waals surface area contributed by atoms with Crippen molar-refractivity contribution in [2.75, 3.05) is 12.1 Å². The molecule has 5 heteroatoms. The monoisotopic (exact) mass is 403 g/mol. The Kier molecular flexibility index (Phi) is 5.86. The lowest BCUT2D eigenvalue weighted by Crippen LogP contribution is -2.09. The minimum absolute atomic E-state index is 0.169. The summed E-state index contributed by atoms with van der Waals surface area (Å²) >= 11 is 1.80. The first-order valence-corrected chi connectivity index (χ1v) is 10.3. The lowest BCUT2D eigenvalue weighted by molar-refractivity contribution is -0.111. The third kappa shape index (κ3) is 5.00. The summed E-state index contributed by atoms with van der Waals surface area (Å²) in [5.74, 6) is 2.15. The van der Waals surface area contributed by atoms with Gasteiger partial charge in [0.2, 0.25) is 12.7 Å². The molecule has 0 saturated heterocycles. The summed E-state index contributed by atoms with van der Waals surface area (Å²) in [6, 6.07) is 22.1. The lowest BCUT2D eigenvalue weighted by Gasteiger charge is -2.09. The number of carbonyl (C=O) groups is 1. The van der Waals surface area contributed by atoms with Gasteiger partial charge in [-0.05, 0) is 60.0 Å². The topological polar surface area (TPSA) is 47.6 Å². The Morgan fingerprint density at radius 3 is 2.69 bits per heavy atom. The second kappa shape index (κ2) is 8.88. The zero-order valence-electron chi connectivity index (χ0n) is 16.1. The van der Waals surface area contributed by atoms with Crippen LogP contribution in [0.2, 0.25) is 0 Å². The number of anilines is 1. The second-order valence-electron chi connectivity index (χ2n) is 6.69. The fourth-order valence-electron chi connectivity index (χ4n) is 3.00. The van der Waals surface area contributed by atoms with Gasteiger partial charge in [0.25, 0.3) is 0 Å². The normalized spacial score (nSPS) is 12.3. The van der Waals surface area contributed by atoms with Crippen LogP contribution in [0.5, 0.6) is 11.5 Å². The molecule has 1 N–H and O–H groups in total. The highest BCUT2D eigenvalue weighted by Gasteiger charge is 2.12. The van der Waals surface area contributed by atoms with Gasteiger partial charge >= 0.3 is 0 Å². The molecule has 146 valence electrons. The van der Waals surface area contributed by atoms with Crippen LogP contribution in [0.4, 0.5) is 5.69 Å². The standard InChI is InChI=1S/C24H21NO3S/c1-17-13-19(15-29-20-5-3-2-4-6-20)7-10-21(17)25-24(26)12-9-18-8-11-22-23(14-18)28-16-27-22/h2-14H,15-16H2,1H3,(H,25,26)/b12-9+. The molecule has 4 rings (SSSR count). The van der Waals surface area contributed by atoms with E-state index >= 15 is 0 Å². The Hall–Kier alpha value is -3.18. The zero-order chi connectivity index (χ0) is 20.1. The van der Waals surface area contributed by atoms with Crippen LogP contribution in [0.1, 0.15) is 16.7 Å². The highest BCUT2D eigenvalue weighted by Crippen LogP contribution is 2.32. The molecule has 0 atom stereocenters. The maximum Gasteiger partial charge on any atom is 0.248 e. The number of carbonyl (C=O) groups excluding carboxylic acids is 1. The van der Waals surface area contributed by atoms with Crippen LogP contribution >= 0.6 is 11.8 Å². The molecule has 0 spiro atoms. The summed E-state index contributed by atoms with van der Waals surface area (Å²) in [6.07, 6.45) is 3.29. The number of benzene rings is 3. The fourth-order valence-corrected chi connectivity index (χ4v) is 3.86. The van der Waals surface area contributed by atoms with Gasteiger partial charge in [0.05, 0.1) is 0 Å². The summed E-state index contributed by atoms with van der Waals surface area (Å²) in [5, 5.41) is 2.95. The van der Waals surface area contributed by atoms with Crippen molar-refractivity contribution < 1.29 is 14.3 Å². The van der Waals surface area contributed by atoms with Crippen molar-refractivity contribution in [3.63, 3.8) is 0 Å². The Labute approximate surface area is 174 Å². The molecule has 0 saturated carbocycles. The quantitative estimate of drug-likeness (QED) is 0.426. The van der Waals surface area contributed by atoms with Crippen molar-refractivity contribution in [1.82, 2.24) is 0 Å². The fraction of sp³-hybridized carbons (Fsp3) is 0.125. The molecule has 3 aromatic carbocycles. The molecule has 1 aliphatic heterocycles. The Bertz CT molecular complexity index is 1050. The number of ether oxygens (including phenoxy) is 2. The molecule has 0 bridgehead atoms. The number of hydrogen-bond acceptors (Lipinski definition) is 4. The second-order valence-corrected chi connectivity index (χ2v) is 7.74. The van der Waals surface area contributed by atoms with E-state index in [0.29, 0.717) is 5.75 Å². The number of nitrogens with one attached hydrogen (secondary N) is 1. The molecule has 0 unspecified atom stereocenters. The van der Waals surface area contributed by atoms with Crippen LogP contribution in [0.3, 0.4) is 0 Å². The van der Waals surface area contributed by atoms with Gasteiger partial charge in [-0.25, -0.2) is 0 Å². The molecule has 4 nitrogen and oxygen atoms in total. The van der Waals surface area contributed by atoms with Crippen LogP contribution in [0.15, 0.2) is 77.7 Å². The maximum absolute atomic E-state index is 12.3. The molecule has 29 heavy (non-hydrogen) atoms. The molecule has 0 fully saturated rings. The van der Waals surface area contributed by atoms with Gasteiger partial charge in [-0.2, -0.15) is 0 Å². The molecular formula is C24H21NO3S. The Balaban J connectivity index is 1.35. The number of rotatable bonds is 6. The third-order valence-electron chi connectivity index (χ3n) is 4.52. The minimum atomic E-state index is -0.169. The van der Waals surface area contributed by atoms with Crippen molar-refractivity contribution in [1.29, 1.82) is 0 Å². The minimum Gasteiger partial charge on any atom is -0.454 e. The van der Waals surface area contributed by atoms with Gasteiger partial charge in [0.15, 0.2) is 11.5 Å². The summed E-state index contributed by atoms with van der Waals surface area (Å²) in [4.78, 5) is 13.6. The van der Waals surface area contributed by atoms with Gasteiger partial charge in [0.1, 0.15) is 0 Å². The van der Waals surface area contributed by atoms with E-state index in [2.05, 4.69) is 29.6 Å². The van der Waals surface area contributed by atoms with E-state index in [1.165, 1.54) is 16.5 Å². The number of hydrogen-bond donors (Lipinski definition) is 1. The van der Waals surface area contributed by atoms with Crippen LogP contribution < -0.4 is 14.8 Å². The smallest absolute Gasteiger partial charge is 0.248 e. The number of aryl methyl sites for hydroxylation is 1. The summed E-state index contributed by atoms with van der Waals surface area (Å²) < 4.78 is 10.7. The highest BCUT2D eigenvalue weighted by molar-refractivity contribution is 7.98. The van der Waals surface area contributed by atoms with E-state index in [0.717, 1.165) is 28.3 Å². The first-order chi connectivity index (χ1) is 14.2. The third-order valence-corrected chi connectivity index (χ3v) is 5.60. The van der Waals surface area contributed by atoms with Gasteiger partial charge in [-0.3, -0.25) is 4.79 Å². The van der Waals surface area contributed by atoms with Gasteiger partial charge < -0.3 is 14.8 Å². The average molecular weight is 404 g/mol. The molecule has 0 radical (unpaired) electrons. The Morgan fingerprint density at radius 1 is 1.03 bits per heavy atom. The van der Waals surface area contributed by atoms with E-state index in [9.17, 15) is 4.79 Å². The zero-order valence-corrected chi connectivity index (χ0v) is 16.9. The van der Waals surface area contributed by atoms with Crippen molar-refractivity contribution >= 4 is 29.4 Å². The number of fused-ring (bicyclic) bond motifs is 1. The highest BCUT2D eigenvalue weighted by atomic mass is 32.2. The number of amides is 1. The van der Waals surface area contributed by atoms with E-state index in [4.69, 9.17) is 9.47 Å². The van der Waals surface area contributed by atoms with Crippen molar-refractivity contribution in [2.24, 2.45) is 0 Å². The van der Waals surface area contributed by atoms with E-state index in [1.54, 1.807) is 17.8 Å². The molecule has 1 amide bonds. The van der Waals surface area contributed by atoms with E-state index in [1.807, 2.05) is 49.4 Å². The maximum atomic E-state index is 12.3. The summed E-state index contributed by atoms with van der Waals surface area (Å²) in [5.41, 5.74) is 3.97. The van der Waals surface area contributed by atoms with Crippen molar-refractivity contribution in [2.45, 2.75) is 17.6 Å². The average Bonchev–Trinajstić information content (AvgIpc) is 3.21. The largest absolute Gasteiger partial charge is 0.454 e. The van der Waals surface area contributed by atoms with Gasteiger partial charge in [0, 0.05) is 22.4 Å². The first kappa shape index (κ1) is 19.2. The first-order valence-electron chi connectivity index (χ1n) is 9.33. The molecule has 3 aromatic rings. The molecular weight excluding hydrogens is 382 g/mol. The van der Waals surface area contributed by atoms with Crippen LogP contribution in [-0.4, -0.2) is 12.7 Å². The molecule has 1 heterocycles. The van der Waals surface area contributed by atoms with Crippen LogP contribution in [-0.2, 0) is 10.5 Å². The van der Waals surface area contributed by atoms with Crippen molar-refractivity contribution in [3.05, 3.63) is 89.5 Å². The summed E-state index contributed by atoms with van der Waals surface area (Å²) in [7, 11) is 0. The van der Waals surface area contributed by atoms with Crippen molar-refractivity contribution in [3.8, 4) is 11.5 Å². The van der Waals surface area contributed by atoms with E-state index < -0.39 is 0 Å². The molecule has 0 aliphatic carbocycles. The predicted molar refractivity (Wildman–Crippen MR) is 117 cm³/mol. The molecule has 0 aromatic heterocycles. The van der Waals surface area contributed by atoms with E-state index in [-0.39, 0.29) is 12.7 Å². The predicted octanol–water partition coefficient (Wildman–Crippen LogP) is 5.67. The number of thioether (sulfide) groups is 1.